The van der Waals surface area contributed by atoms with Crippen molar-refractivity contribution in [1.82, 2.24) is 5.32 Å². The van der Waals surface area contributed by atoms with E-state index in [-0.39, 0.29) is 11.3 Å². The van der Waals surface area contributed by atoms with Gasteiger partial charge in [0.1, 0.15) is 6.10 Å². The van der Waals surface area contributed by atoms with Crippen LogP contribution in [0, 0.1) is 10.1 Å². The second-order valence-electron chi connectivity index (χ2n) is 6.17. The molecule has 134 valence electrons. The second-order valence-corrected chi connectivity index (χ2v) is 6.17. The number of fused-ring (bicyclic) bond motifs is 1. The van der Waals surface area contributed by atoms with Crippen molar-refractivity contribution in [2.24, 2.45) is 0 Å². The van der Waals surface area contributed by atoms with Gasteiger partial charge in [0, 0.05) is 17.7 Å². The van der Waals surface area contributed by atoms with Gasteiger partial charge in [-0.05, 0) is 26.0 Å². The molecule has 2 N–H and O–H groups in total. The molecule has 10 heteroatoms. The summed E-state index contributed by atoms with van der Waals surface area (Å²) in [5.41, 5.74) is -0.00475. The molecule has 2 heterocycles. The molecule has 1 amide bonds. The SMILES string of the molecule is CC1(C)O[C@H]2OC(C(=O)O)[C@@H](NC(=O)c3ccc([N+](=O)[O-])cc3)[C@H]2O1. The van der Waals surface area contributed by atoms with Crippen LogP contribution in [0.1, 0.15) is 24.2 Å². The minimum Gasteiger partial charge on any atom is -0.479 e. The molecule has 2 saturated heterocycles. The molecule has 2 aliphatic rings. The number of aliphatic carboxylic acids is 1. The zero-order valence-electron chi connectivity index (χ0n) is 13.4. The lowest BCUT2D eigenvalue weighted by Gasteiger charge is -2.24. The smallest absolute Gasteiger partial charge is 0.335 e. The Hall–Kier alpha value is -2.56. The van der Waals surface area contributed by atoms with Gasteiger partial charge in [-0.3, -0.25) is 14.9 Å². The highest BCUT2D eigenvalue weighted by molar-refractivity contribution is 5.95. The Morgan fingerprint density at radius 3 is 2.44 bits per heavy atom. The summed E-state index contributed by atoms with van der Waals surface area (Å²) in [4.78, 5) is 33.8. The van der Waals surface area contributed by atoms with Crippen LogP contribution in [0.2, 0.25) is 0 Å². The number of nitrogens with one attached hydrogen (secondary N) is 1. The Balaban J connectivity index is 1.77. The van der Waals surface area contributed by atoms with Gasteiger partial charge in [-0.25, -0.2) is 4.79 Å². The van der Waals surface area contributed by atoms with E-state index >= 15 is 0 Å². The van der Waals surface area contributed by atoms with Crippen LogP contribution in [0.5, 0.6) is 0 Å². The molecule has 0 radical (unpaired) electrons. The number of hydrogen-bond acceptors (Lipinski definition) is 7. The number of carbonyl (C=O) groups is 2. The molecular weight excluding hydrogens is 336 g/mol. The van der Waals surface area contributed by atoms with E-state index in [2.05, 4.69) is 5.32 Å². The highest BCUT2D eigenvalue weighted by Gasteiger charge is 2.57. The van der Waals surface area contributed by atoms with E-state index < -0.39 is 47.1 Å². The lowest BCUT2D eigenvalue weighted by molar-refractivity contribution is -0.384. The zero-order chi connectivity index (χ0) is 18.4. The summed E-state index contributed by atoms with van der Waals surface area (Å²) in [5.74, 6) is -2.81. The molecule has 0 saturated carbocycles. The van der Waals surface area contributed by atoms with Gasteiger partial charge in [0.05, 0.1) is 11.0 Å². The number of carboxylic acids is 1. The second kappa shape index (κ2) is 6.06. The zero-order valence-corrected chi connectivity index (χ0v) is 13.4. The normalized spacial score (nSPS) is 29.8. The summed E-state index contributed by atoms with van der Waals surface area (Å²) in [5, 5.41) is 22.5. The molecule has 25 heavy (non-hydrogen) atoms. The van der Waals surface area contributed by atoms with Crippen molar-refractivity contribution in [3.63, 3.8) is 0 Å². The molecule has 0 spiro atoms. The summed E-state index contributed by atoms with van der Waals surface area (Å²) in [6.07, 6.45) is -3.01. The summed E-state index contributed by atoms with van der Waals surface area (Å²) < 4.78 is 16.4. The summed E-state index contributed by atoms with van der Waals surface area (Å²) >= 11 is 0. The van der Waals surface area contributed by atoms with Gasteiger partial charge in [-0.2, -0.15) is 0 Å². The molecule has 10 nitrogen and oxygen atoms in total. The lowest BCUT2D eigenvalue weighted by Crippen LogP contribution is -2.50. The quantitative estimate of drug-likeness (QED) is 0.595. The monoisotopic (exact) mass is 352 g/mol. The average Bonchev–Trinajstić information content (AvgIpc) is 3.00. The number of benzene rings is 1. The van der Waals surface area contributed by atoms with E-state index in [4.69, 9.17) is 14.2 Å². The Bertz CT molecular complexity index is 717. The van der Waals surface area contributed by atoms with Crippen LogP contribution in [-0.2, 0) is 19.0 Å². The van der Waals surface area contributed by atoms with Crippen LogP contribution in [0.15, 0.2) is 24.3 Å². The number of nitro groups is 1. The number of carbonyl (C=O) groups excluding carboxylic acids is 1. The molecule has 2 fully saturated rings. The van der Waals surface area contributed by atoms with Gasteiger partial charge in [0.25, 0.3) is 11.6 Å². The average molecular weight is 352 g/mol. The maximum absolute atomic E-state index is 12.4. The Morgan fingerprint density at radius 2 is 1.88 bits per heavy atom. The first-order chi connectivity index (χ1) is 11.7. The number of ether oxygens (including phenoxy) is 3. The number of nitrogens with zero attached hydrogens (tertiary/aromatic N) is 1. The number of hydrogen-bond donors (Lipinski definition) is 2. The van der Waals surface area contributed by atoms with E-state index in [0.717, 1.165) is 0 Å². The van der Waals surface area contributed by atoms with Crippen molar-refractivity contribution in [2.75, 3.05) is 0 Å². The highest BCUT2D eigenvalue weighted by Crippen LogP contribution is 2.37. The van der Waals surface area contributed by atoms with E-state index in [9.17, 15) is 24.8 Å². The Morgan fingerprint density at radius 1 is 1.24 bits per heavy atom. The third kappa shape index (κ3) is 3.31. The van der Waals surface area contributed by atoms with Gasteiger partial charge < -0.3 is 24.6 Å². The third-order valence-electron chi connectivity index (χ3n) is 3.93. The molecular formula is C15H16N2O8. The van der Waals surface area contributed by atoms with Crippen molar-refractivity contribution >= 4 is 17.6 Å². The van der Waals surface area contributed by atoms with Gasteiger partial charge in [-0.1, -0.05) is 0 Å². The van der Waals surface area contributed by atoms with Gasteiger partial charge in [-0.15, -0.1) is 0 Å². The van der Waals surface area contributed by atoms with Crippen LogP contribution >= 0.6 is 0 Å². The number of non-ortho nitro benzene ring substituents is 1. The number of nitro benzene ring substituents is 1. The van der Waals surface area contributed by atoms with Crippen molar-refractivity contribution in [3.05, 3.63) is 39.9 Å². The maximum Gasteiger partial charge on any atom is 0.335 e. The fourth-order valence-corrected chi connectivity index (χ4v) is 2.85. The Kier molecular flexibility index (Phi) is 4.19. The predicted octanol–water partition coefficient (Wildman–Crippen LogP) is 0.654. The first kappa shape index (κ1) is 17.3. The van der Waals surface area contributed by atoms with Crippen molar-refractivity contribution < 1.29 is 33.8 Å². The minimum absolute atomic E-state index is 0.149. The van der Waals surface area contributed by atoms with Crippen molar-refractivity contribution in [1.29, 1.82) is 0 Å². The van der Waals surface area contributed by atoms with Crippen molar-refractivity contribution in [2.45, 2.75) is 44.2 Å². The van der Waals surface area contributed by atoms with Gasteiger partial charge in [0.15, 0.2) is 18.2 Å². The van der Waals surface area contributed by atoms with Crippen LogP contribution in [-0.4, -0.2) is 52.2 Å². The van der Waals surface area contributed by atoms with E-state index in [1.54, 1.807) is 13.8 Å². The van der Waals surface area contributed by atoms with E-state index in [0.29, 0.717) is 0 Å². The van der Waals surface area contributed by atoms with E-state index in [1.807, 2.05) is 0 Å². The number of rotatable bonds is 4. The van der Waals surface area contributed by atoms with Gasteiger partial charge >= 0.3 is 5.97 Å². The fraction of sp³-hybridized carbons (Fsp3) is 0.467. The molecule has 0 aromatic heterocycles. The molecule has 0 aliphatic carbocycles. The fourth-order valence-electron chi connectivity index (χ4n) is 2.85. The Labute approximate surface area is 141 Å². The summed E-state index contributed by atoms with van der Waals surface area (Å²) in [6, 6.07) is 3.98. The number of amides is 1. The van der Waals surface area contributed by atoms with Gasteiger partial charge in [0.2, 0.25) is 0 Å². The molecule has 1 unspecified atom stereocenters. The predicted molar refractivity (Wildman–Crippen MR) is 80.7 cm³/mol. The first-order valence-electron chi connectivity index (χ1n) is 7.47. The molecule has 0 bridgehead atoms. The molecule has 2 aliphatic heterocycles. The largest absolute Gasteiger partial charge is 0.479 e. The third-order valence-corrected chi connectivity index (χ3v) is 3.93. The summed E-state index contributed by atoms with van der Waals surface area (Å²) in [7, 11) is 0. The van der Waals surface area contributed by atoms with E-state index in [1.165, 1.54) is 24.3 Å². The maximum atomic E-state index is 12.4. The van der Waals surface area contributed by atoms with Crippen LogP contribution in [0.4, 0.5) is 5.69 Å². The van der Waals surface area contributed by atoms with Crippen LogP contribution in [0.3, 0.4) is 0 Å². The van der Waals surface area contributed by atoms with Crippen LogP contribution in [0.25, 0.3) is 0 Å². The number of carboxylic acid groups (broad SMARTS) is 1. The summed E-state index contributed by atoms with van der Waals surface area (Å²) in [6.45, 7) is 3.30. The first-order valence-corrected chi connectivity index (χ1v) is 7.47. The molecule has 1 aromatic rings. The molecule has 1 aromatic carbocycles. The lowest BCUT2D eigenvalue weighted by atomic mass is 10.1. The highest BCUT2D eigenvalue weighted by atomic mass is 16.8. The molecule has 4 atom stereocenters. The topological polar surface area (TPSA) is 137 Å². The molecule has 3 rings (SSSR count). The van der Waals surface area contributed by atoms with Crippen molar-refractivity contribution in [3.8, 4) is 0 Å². The minimum atomic E-state index is -1.33. The van der Waals surface area contributed by atoms with Crippen LogP contribution < -0.4 is 5.32 Å². The standard InChI is InChI=1S/C15H16N2O8/c1-15(2)24-11-9(10(13(19)20)23-14(11)25-15)16-12(18)7-3-5-8(6-4-7)17(21)22/h3-6,9-11,14H,1-2H3,(H,16,18)(H,19,20)/t9-,10?,11-,14-/m1/s1.